The minimum Gasteiger partial charge on any atom is -0.371 e. The first-order valence-corrected chi connectivity index (χ1v) is 8.95. The van der Waals surface area contributed by atoms with Gasteiger partial charge in [0, 0.05) is 31.5 Å². The maximum Gasteiger partial charge on any atom is 0.223 e. The lowest BCUT2D eigenvalue weighted by Gasteiger charge is -2.32. The Morgan fingerprint density at radius 3 is 2.72 bits per heavy atom. The summed E-state index contributed by atoms with van der Waals surface area (Å²) in [4.78, 5) is 22.5. The highest BCUT2D eigenvalue weighted by atomic mass is 16.1. The highest BCUT2D eigenvalue weighted by Gasteiger charge is 2.16. The first-order chi connectivity index (χ1) is 12.0. The molecule has 3 rings (SSSR count). The summed E-state index contributed by atoms with van der Waals surface area (Å²) in [5.74, 6) is 1.32. The van der Waals surface area contributed by atoms with Gasteiger partial charge in [-0.2, -0.15) is 0 Å². The molecule has 0 unspecified atom stereocenters. The minimum atomic E-state index is -0.00771. The van der Waals surface area contributed by atoms with Gasteiger partial charge in [-0.15, -0.1) is 0 Å². The van der Waals surface area contributed by atoms with Crippen LogP contribution in [-0.2, 0) is 6.54 Å². The zero-order valence-corrected chi connectivity index (χ0v) is 15.2. The molecule has 1 aromatic carbocycles. The van der Waals surface area contributed by atoms with Crippen LogP contribution in [0.2, 0.25) is 0 Å². The summed E-state index contributed by atoms with van der Waals surface area (Å²) in [6, 6.07) is 8.69. The van der Waals surface area contributed by atoms with E-state index in [0.29, 0.717) is 23.8 Å². The van der Waals surface area contributed by atoms with Crippen LogP contribution in [0.5, 0.6) is 0 Å². The van der Waals surface area contributed by atoms with Crippen LogP contribution in [0.4, 0.5) is 11.6 Å². The predicted molar refractivity (Wildman–Crippen MR) is 101 cm³/mol. The molecule has 1 atom stereocenters. The average Bonchev–Trinajstić information content (AvgIpc) is 2.60. The predicted octanol–water partition coefficient (Wildman–Crippen LogP) is 3.84. The van der Waals surface area contributed by atoms with Gasteiger partial charge in [0.15, 0.2) is 5.78 Å². The summed E-state index contributed by atoms with van der Waals surface area (Å²) in [6.07, 6.45) is 4.20. The van der Waals surface area contributed by atoms with Crippen LogP contribution in [-0.4, -0.2) is 28.8 Å². The lowest BCUT2D eigenvalue weighted by atomic mass is 9.99. The summed E-state index contributed by atoms with van der Waals surface area (Å²) in [5.41, 5.74) is 3.77. The largest absolute Gasteiger partial charge is 0.371 e. The van der Waals surface area contributed by atoms with Gasteiger partial charge in [0.1, 0.15) is 0 Å². The molecule has 1 aliphatic heterocycles. The fourth-order valence-corrected chi connectivity index (χ4v) is 3.33. The number of hydrogen-bond donors (Lipinski definition) is 1. The van der Waals surface area contributed by atoms with E-state index in [1.54, 1.807) is 6.20 Å². The molecule has 0 radical (unpaired) electrons. The number of Topliss-reactive ketones (excluding diaryl/α,β-unsaturated/α-hetero) is 1. The van der Waals surface area contributed by atoms with Gasteiger partial charge in [-0.05, 0) is 50.3 Å². The number of aromatic nitrogens is 2. The lowest BCUT2D eigenvalue weighted by Crippen LogP contribution is -2.34. The van der Waals surface area contributed by atoms with Crippen molar-refractivity contribution < 1.29 is 4.79 Å². The van der Waals surface area contributed by atoms with Crippen molar-refractivity contribution in [2.24, 2.45) is 5.92 Å². The van der Waals surface area contributed by atoms with Gasteiger partial charge in [-0.25, -0.2) is 9.97 Å². The van der Waals surface area contributed by atoms with Gasteiger partial charge >= 0.3 is 0 Å². The number of ketones is 1. The van der Waals surface area contributed by atoms with Crippen LogP contribution in [0.1, 0.15) is 48.3 Å². The quantitative estimate of drug-likeness (QED) is 0.840. The van der Waals surface area contributed by atoms with E-state index in [1.807, 2.05) is 6.92 Å². The van der Waals surface area contributed by atoms with Gasteiger partial charge in [-0.3, -0.25) is 4.79 Å². The summed E-state index contributed by atoms with van der Waals surface area (Å²) in [7, 11) is 0. The number of hydrogen-bond acceptors (Lipinski definition) is 5. The van der Waals surface area contributed by atoms with E-state index >= 15 is 0 Å². The summed E-state index contributed by atoms with van der Waals surface area (Å²) in [6.45, 7) is 8.64. The molecule has 0 saturated carbocycles. The van der Waals surface area contributed by atoms with Crippen molar-refractivity contribution in [2.45, 2.75) is 40.2 Å². The second kappa shape index (κ2) is 7.64. The number of carbonyl (C=O) groups is 1. The zero-order valence-electron chi connectivity index (χ0n) is 15.2. The van der Waals surface area contributed by atoms with Crippen LogP contribution in [0.15, 0.2) is 30.5 Å². The van der Waals surface area contributed by atoms with Crippen LogP contribution in [0.25, 0.3) is 0 Å². The number of anilines is 2. The minimum absolute atomic E-state index is 0.00771. The molecule has 2 heterocycles. The highest BCUT2D eigenvalue weighted by Crippen LogP contribution is 2.23. The first kappa shape index (κ1) is 17.4. The molecule has 132 valence electrons. The number of nitrogens with one attached hydrogen (secondary N) is 1. The molecule has 5 nitrogen and oxygen atoms in total. The van der Waals surface area contributed by atoms with E-state index in [-0.39, 0.29) is 5.78 Å². The van der Waals surface area contributed by atoms with Crippen molar-refractivity contribution in [3.63, 3.8) is 0 Å². The van der Waals surface area contributed by atoms with Crippen LogP contribution < -0.4 is 10.2 Å². The number of aryl methyl sites for hydroxylation is 1. The molecule has 1 aromatic heterocycles. The van der Waals surface area contributed by atoms with Crippen molar-refractivity contribution in [2.75, 3.05) is 23.3 Å². The Bertz CT molecular complexity index is 742. The maximum atomic E-state index is 11.4. The highest BCUT2D eigenvalue weighted by molar-refractivity contribution is 5.94. The molecule has 0 amide bonds. The van der Waals surface area contributed by atoms with E-state index in [4.69, 9.17) is 0 Å². The van der Waals surface area contributed by atoms with E-state index in [1.165, 1.54) is 31.0 Å². The van der Waals surface area contributed by atoms with Crippen LogP contribution >= 0.6 is 0 Å². The standard InChI is InChI=1S/C20H26N4O/c1-14-5-4-10-24(13-14)18-8-6-17(7-9-18)11-21-20-22-12-19(16(3)25)15(2)23-20/h6-9,12,14H,4-5,10-11,13H2,1-3H3,(H,21,22,23)/t14-/m1/s1. The van der Waals surface area contributed by atoms with Crippen LogP contribution in [0, 0.1) is 12.8 Å². The van der Waals surface area contributed by atoms with Crippen molar-refractivity contribution in [3.05, 3.63) is 47.3 Å². The van der Waals surface area contributed by atoms with Gasteiger partial charge < -0.3 is 10.2 Å². The second-order valence-electron chi connectivity index (χ2n) is 6.96. The van der Waals surface area contributed by atoms with E-state index < -0.39 is 0 Å². The van der Waals surface area contributed by atoms with E-state index in [0.717, 1.165) is 19.0 Å². The lowest BCUT2D eigenvalue weighted by molar-refractivity contribution is 0.101. The van der Waals surface area contributed by atoms with Crippen LogP contribution in [0.3, 0.4) is 0 Å². The molecule has 1 saturated heterocycles. The molecular formula is C20H26N4O. The fourth-order valence-electron chi connectivity index (χ4n) is 3.33. The number of benzene rings is 1. The molecule has 5 heteroatoms. The Morgan fingerprint density at radius 1 is 1.32 bits per heavy atom. The Labute approximate surface area is 149 Å². The normalized spacial score (nSPS) is 17.4. The third-order valence-electron chi connectivity index (χ3n) is 4.77. The zero-order chi connectivity index (χ0) is 17.8. The maximum absolute atomic E-state index is 11.4. The van der Waals surface area contributed by atoms with Gasteiger partial charge in [0.25, 0.3) is 0 Å². The van der Waals surface area contributed by atoms with E-state index in [9.17, 15) is 4.79 Å². The first-order valence-electron chi connectivity index (χ1n) is 8.95. The number of carbonyl (C=O) groups excluding carboxylic acids is 1. The molecule has 0 aliphatic carbocycles. The number of rotatable bonds is 5. The summed E-state index contributed by atoms with van der Waals surface area (Å²) < 4.78 is 0. The van der Waals surface area contributed by atoms with E-state index in [2.05, 4.69) is 51.4 Å². The summed E-state index contributed by atoms with van der Waals surface area (Å²) >= 11 is 0. The van der Waals surface area contributed by atoms with Crippen molar-refractivity contribution in [3.8, 4) is 0 Å². The monoisotopic (exact) mass is 338 g/mol. The third-order valence-corrected chi connectivity index (χ3v) is 4.77. The fraction of sp³-hybridized carbons (Fsp3) is 0.450. The Balaban J connectivity index is 1.60. The molecule has 0 bridgehead atoms. The van der Waals surface area contributed by atoms with Crippen molar-refractivity contribution in [1.82, 2.24) is 9.97 Å². The Kier molecular flexibility index (Phi) is 5.31. The Morgan fingerprint density at radius 2 is 2.08 bits per heavy atom. The number of piperidine rings is 1. The van der Waals surface area contributed by atoms with Gasteiger partial charge in [0.05, 0.1) is 11.3 Å². The van der Waals surface area contributed by atoms with Gasteiger partial charge in [0.2, 0.25) is 5.95 Å². The molecule has 0 spiro atoms. The molecular weight excluding hydrogens is 312 g/mol. The average molecular weight is 338 g/mol. The third kappa shape index (κ3) is 4.35. The summed E-state index contributed by atoms with van der Waals surface area (Å²) in [5, 5.41) is 3.23. The van der Waals surface area contributed by atoms with Crippen molar-refractivity contribution >= 4 is 17.4 Å². The molecule has 1 fully saturated rings. The van der Waals surface area contributed by atoms with Crippen molar-refractivity contribution in [1.29, 1.82) is 0 Å². The van der Waals surface area contributed by atoms with Gasteiger partial charge in [-0.1, -0.05) is 19.1 Å². The smallest absolute Gasteiger partial charge is 0.223 e. The Hall–Kier alpha value is -2.43. The molecule has 1 N–H and O–H groups in total. The SMILES string of the molecule is CC(=O)c1cnc(NCc2ccc(N3CCC[C@@H](C)C3)cc2)nc1C. The number of nitrogens with zero attached hydrogens (tertiary/aromatic N) is 3. The topological polar surface area (TPSA) is 58.1 Å². The molecule has 1 aliphatic rings. The second-order valence-corrected chi connectivity index (χ2v) is 6.96. The molecule has 2 aromatic rings. The molecule has 25 heavy (non-hydrogen) atoms.